The third-order valence-electron chi connectivity index (χ3n) is 7.38. The van der Waals surface area contributed by atoms with Crippen LogP contribution >= 0.6 is 22.9 Å². The molecule has 36 heavy (non-hydrogen) atoms. The minimum absolute atomic E-state index is 0.101. The zero-order valence-corrected chi connectivity index (χ0v) is 22.3. The molecule has 6 nitrogen and oxygen atoms in total. The molecule has 2 N–H and O–H groups in total. The molecule has 8 heteroatoms. The molecule has 194 valence electrons. The third kappa shape index (κ3) is 6.97. The molecular formula is C28H35ClN2O4S. The number of carboxylic acids is 1. The van der Waals surface area contributed by atoms with E-state index in [1.807, 2.05) is 35.7 Å². The number of aliphatic hydroxyl groups is 1. The number of benzene rings is 1. The van der Waals surface area contributed by atoms with Gasteiger partial charge in [-0.15, -0.1) is 11.3 Å². The summed E-state index contributed by atoms with van der Waals surface area (Å²) in [5.74, 6) is 0.382. The van der Waals surface area contributed by atoms with Gasteiger partial charge in [-0.3, -0.25) is 9.78 Å². The molecule has 2 aromatic heterocycles. The number of ether oxygens (including phenoxy) is 1. The topological polar surface area (TPSA) is 82.9 Å². The molecule has 1 aliphatic heterocycles. The zero-order valence-electron chi connectivity index (χ0n) is 20.7. The van der Waals surface area contributed by atoms with Gasteiger partial charge < -0.3 is 19.8 Å². The summed E-state index contributed by atoms with van der Waals surface area (Å²) in [6.45, 7) is 2.77. The standard InChI is InChI=1S/C28H35ClN2O4S/c1-35-21-6-7-25-23(17-21)22(9-12-30-25)26(32)8-5-19-10-14-31(18-20(19)16-28(33)34)13-3-2-4-27-24(29)11-15-36-27/h6-7,9,11-12,15,17,19-20,26,32H,2-5,8,10,13-14,16,18H2,1H3,(H,33,34)/t19-,20+,26+/m1/s1. The number of aliphatic hydroxyl groups excluding tert-OH is 1. The Labute approximate surface area is 221 Å². The highest BCUT2D eigenvalue weighted by atomic mass is 35.5. The molecule has 1 fully saturated rings. The lowest BCUT2D eigenvalue weighted by atomic mass is 9.79. The van der Waals surface area contributed by atoms with E-state index in [-0.39, 0.29) is 12.3 Å². The van der Waals surface area contributed by atoms with Crippen molar-refractivity contribution in [2.75, 3.05) is 26.7 Å². The van der Waals surface area contributed by atoms with E-state index in [1.54, 1.807) is 24.6 Å². The van der Waals surface area contributed by atoms with E-state index in [9.17, 15) is 15.0 Å². The Balaban J connectivity index is 1.32. The predicted octanol–water partition coefficient (Wildman–Crippen LogP) is 6.21. The number of carboxylic acid groups (broad SMARTS) is 1. The summed E-state index contributed by atoms with van der Waals surface area (Å²) < 4.78 is 5.36. The van der Waals surface area contributed by atoms with Crippen LogP contribution in [0, 0.1) is 11.8 Å². The molecule has 3 atom stereocenters. The number of aryl methyl sites for hydroxylation is 1. The van der Waals surface area contributed by atoms with Gasteiger partial charge in [0, 0.05) is 29.4 Å². The summed E-state index contributed by atoms with van der Waals surface area (Å²) >= 11 is 7.91. The van der Waals surface area contributed by atoms with E-state index in [0.29, 0.717) is 12.3 Å². The number of aliphatic carboxylic acids is 1. The van der Waals surface area contributed by atoms with Gasteiger partial charge in [0.1, 0.15) is 5.75 Å². The van der Waals surface area contributed by atoms with Crippen LogP contribution in [0.5, 0.6) is 5.75 Å². The van der Waals surface area contributed by atoms with Crippen molar-refractivity contribution < 1.29 is 19.7 Å². The maximum absolute atomic E-state index is 11.6. The van der Waals surface area contributed by atoms with E-state index < -0.39 is 12.1 Å². The van der Waals surface area contributed by atoms with Gasteiger partial charge in [0.15, 0.2) is 0 Å². The molecule has 0 radical (unpaired) electrons. The van der Waals surface area contributed by atoms with Crippen molar-refractivity contribution in [1.29, 1.82) is 0 Å². The summed E-state index contributed by atoms with van der Waals surface area (Å²) in [4.78, 5) is 19.7. The van der Waals surface area contributed by atoms with Gasteiger partial charge in [0.2, 0.25) is 0 Å². The number of likely N-dealkylation sites (tertiary alicyclic amines) is 1. The predicted molar refractivity (Wildman–Crippen MR) is 145 cm³/mol. The third-order valence-corrected chi connectivity index (χ3v) is 8.83. The lowest BCUT2D eigenvalue weighted by Gasteiger charge is -2.38. The van der Waals surface area contributed by atoms with Crippen LogP contribution in [0.2, 0.25) is 5.02 Å². The monoisotopic (exact) mass is 530 g/mol. The van der Waals surface area contributed by atoms with Crippen molar-refractivity contribution >= 4 is 39.8 Å². The first kappa shape index (κ1) is 26.9. The molecule has 0 amide bonds. The average Bonchev–Trinajstić information content (AvgIpc) is 3.29. The number of hydrogen-bond acceptors (Lipinski definition) is 6. The number of aromatic nitrogens is 1. The smallest absolute Gasteiger partial charge is 0.303 e. The number of methoxy groups -OCH3 is 1. The van der Waals surface area contributed by atoms with Crippen LogP contribution in [0.1, 0.15) is 55.1 Å². The van der Waals surface area contributed by atoms with Gasteiger partial charge in [0.05, 0.1) is 23.8 Å². The first-order chi connectivity index (χ1) is 17.4. The molecule has 0 unspecified atom stereocenters. The molecule has 0 bridgehead atoms. The maximum Gasteiger partial charge on any atom is 0.303 e. The van der Waals surface area contributed by atoms with Crippen LogP contribution in [0.3, 0.4) is 0 Å². The van der Waals surface area contributed by atoms with Gasteiger partial charge >= 0.3 is 5.97 Å². The van der Waals surface area contributed by atoms with E-state index >= 15 is 0 Å². The fourth-order valence-corrected chi connectivity index (χ4v) is 6.59. The minimum Gasteiger partial charge on any atom is -0.497 e. The number of unbranched alkanes of at least 4 members (excludes halogenated alkanes) is 1. The number of piperidine rings is 1. The molecule has 0 saturated carbocycles. The first-order valence-corrected chi connectivity index (χ1v) is 14.0. The van der Waals surface area contributed by atoms with E-state index in [4.69, 9.17) is 16.3 Å². The van der Waals surface area contributed by atoms with Crippen LogP contribution in [0.4, 0.5) is 0 Å². The highest BCUT2D eigenvalue weighted by Crippen LogP contribution is 2.35. The fraction of sp³-hybridized carbons (Fsp3) is 0.500. The minimum atomic E-state index is -0.744. The summed E-state index contributed by atoms with van der Waals surface area (Å²) in [5, 5.41) is 24.4. The lowest BCUT2D eigenvalue weighted by Crippen LogP contribution is -2.41. The highest BCUT2D eigenvalue weighted by molar-refractivity contribution is 7.10. The van der Waals surface area contributed by atoms with Crippen molar-refractivity contribution in [3.63, 3.8) is 0 Å². The fourth-order valence-electron chi connectivity index (χ4n) is 5.41. The number of rotatable bonds is 12. The van der Waals surface area contributed by atoms with E-state index in [2.05, 4.69) is 9.88 Å². The second-order valence-corrected chi connectivity index (χ2v) is 11.1. The van der Waals surface area contributed by atoms with Crippen molar-refractivity contribution in [3.05, 3.63) is 57.4 Å². The number of carbonyl (C=O) groups is 1. The number of fused-ring (bicyclic) bond motifs is 1. The Kier molecular flexibility index (Phi) is 9.60. The molecule has 0 aliphatic carbocycles. The van der Waals surface area contributed by atoms with Crippen molar-refractivity contribution in [3.8, 4) is 5.75 Å². The van der Waals surface area contributed by atoms with Gasteiger partial charge in [-0.2, -0.15) is 0 Å². The number of hydrogen-bond donors (Lipinski definition) is 2. The molecule has 1 saturated heterocycles. The SMILES string of the molecule is COc1ccc2nccc([C@@H](O)CC[C@@H]3CCN(CCCCc4sccc4Cl)C[C@@H]3CC(=O)O)c2c1. The van der Waals surface area contributed by atoms with Crippen LogP contribution in [-0.2, 0) is 11.2 Å². The molecule has 0 spiro atoms. The largest absolute Gasteiger partial charge is 0.497 e. The van der Waals surface area contributed by atoms with Crippen LogP contribution in [0.25, 0.3) is 10.9 Å². The average molecular weight is 531 g/mol. The van der Waals surface area contributed by atoms with Crippen LogP contribution < -0.4 is 4.74 Å². The van der Waals surface area contributed by atoms with Crippen LogP contribution in [0.15, 0.2) is 41.9 Å². The van der Waals surface area contributed by atoms with E-state index in [1.165, 1.54) is 4.88 Å². The summed E-state index contributed by atoms with van der Waals surface area (Å²) in [6.07, 6.45) is 6.80. The second-order valence-electron chi connectivity index (χ2n) is 9.73. The van der Waals surface area contributed by atoms with E-state index in [0.717, 1.165) is 79.0 Å². The normalized spacial score (nSPS) is 19.4. The Bertz CT molecular complexity index is 1150. The summed E-state index contributed by atoms with van der Waals surface area (Å²) in [7, 11) is 1.63. The Morgan fingerprint density at radius 2 is 2.14 bits per heavy atom. The highest BCUT2D eigenvalue weighted by Gasteiger charge is 2.31. The lowest BCUT2D eigenvalue weighted by molar-refractivity contribution is -0.139. The molecular weight excluding hydrogens is 496 g/mol. The maximum atomic E-state index is 11.6. The first-order valence-electron chi connectivity index (χ1n) is 12.7. The molecule has 3 aromatic rings. The zero-order chi connectivity index (χ0) is 25.5. The Morgan fingerprint density at radius 3 is 2.89 bits per heavy atom. The number of nitrogens with zero attached hydrogens (tertiary/aromatic N) is 2. The van der Waals surface area contributed by atoms with Gasteiger partial charge in [-0.25, -0.2) is 0 Å². The Morgan fingerprint density at radius 1 is 1.28 bits per heavy atom. The number of halogens is 1. The quantitative estimate of drug-likeness (QED) is 0.271. The molecule has 1 aromatic carbocycles. The van der Waals surface area contributed by atoms with Crippen molar-refractivity contribution in [1.82, 2.24) is 9.88 Å². The molecule has 1 aliphatic rings. The van der Waals surface area contributed by atoms with Gasteiger partial charge in [-0.1, -0.05) is 11.6 Å². The second kappa shape index (κ2) is 12.9. The van der Waals surface area contributed by atoms with Crippen molar-refractivity contribution in [2.45, 2.75) is 51.0 Å². The molecule has 4 rings (SSSR count). The molecule has 3 heterocycles. The van der Waals surface area contributed by atoms with Gasteiger partial charge in [0.25, 0.3) is 0 Å². The summed E-state index contributed by atoms with van der Waals surface area (Å²) in [6, 6.07) is 9.51. The summed E-state index contributed by atoms with van der Waals surface area (Å²) in [5.41, 5.74) is 1.67. The number of pyridine rings is 1. The van der Waals surface area contributed by atoms with Crippen LogP contribution in [-0.4, -0.2) is 52.8 Å². The van der Waals surface area contributed by atoms with Crippen molar-refractivity contribution in [2.24, 2.45) is 11.8 Å². The number of thiophene rings is 1. The van der Waals surface area contributed by atoms with Gasteiger partial charge in [-0.05, 0) is 105 Å². The Hall–Kier alpha value is -2.19.